The van der Waals surface area contributed by atoms with Crippen molar-refractivity contribution in [2.24, 2.45) is 0 Å². The van der Waals surface area contributed by atoms with Crippen LogP contribution in [0.1, 0.15) is 25.0 Å². The molecular formula is C18H23BrN2. The van der Waals surface area contributed by atoms with E-state index in [1.165, 1.54) is 22.5 Å². The molecule has 112 valence electrons. The largest absolute Gasteiger partial charge is 0.344 e. The second-order valence-corrected chi connectivity index (χ2v) is 6.62. The Balaban J connectivity index is 2.33. The molecule has 0 spiro atoms. The molecule has 0 aliphatic rings. The molecule has 0 heterocycles. The maximum Gasteiger partial charge on any atom is 0.0454 e. The summed E-state index contributed by atoms with van der Waals surface area (Å²) >= 11 is 3.57. The molecule has 21 heavy (non-hydrogen) atoms. The number of nitrogens with one attached hydrogen (secondary N) is 1. The molecule has 2 aromatic rings. The minimum absolute atomic E-state index is 0.473. The molecule has 2 rings (SSSR count). The minimum atomic E-state index is 0.473. The van der Waals surface area contributed by atoms with Crippen LogP contribution in [0.2, 0.25) is 0 Å². The molecule has 2 aromatic carbocycles. The lowest BCUT2D eigenvalue weighted by atomic mass is 10.1. The first kappa shape index (κ1) is 16.1. The number of aryl methyl sites for hydroxylation is 1. The monoisotopic (exact) mass is 346 g/mol. The second-order valence-electron chi connectivity index (χ2n) is 5.71. The van der Waals surface area contributed by atoms with Crippen molar-refractivity contribution >= 4 is 27.3 Å². The number of rotatable bonds is 5. The van der Waals surface area contributed by atoms with Gasteiger partial charge < -0.3 is 10.2 Å². The Bertz CT molecular complexity index is 608. The van der Waals surface area contributed by atoms with E-state index in [-0.39, 0.29) is 0 Å². The first-order valence-electron chi connectivity index (χ1n) is 7.29. The topological polar surface area (TPSA) is 15.3 Å². The number of benzene rings is 2. The molecule has 0 atom stereocenters. The van der Waals surface area contributed by atoms with Crippen molar-refractivity contribution in [2.45, 2.75) is 33.4 Å². The van der Waals surface area contributed by atoms with Gasteiger partial charge in [0.25, 0.3) is 0 Å². The zero-order chi connectivity index (χ0) is 15.4. The lowest BCUT2D eigenvalue weighted by molar-refractivity contribution is 0.589. The summed E-state index contributed by atoms with van der Waals surface area (Å²) in [6.45, 7) is 7.33. The summed E-state index contributed by atoms with van der Waals surface area (Å²) in [6, 6.07) is 15.5. The van der Waals surface area contributed by atoms with Crippen LogP contribution in [0.15, 0.2) is 46.9 Å². The van der Waals surface area contributed by atoms with E-state index in [9.17, 15) is 0 Å². The Kier molecular flexibility index (Phi) is 5.43. The van der Waals surface area contributed by atoms with Crippen LogP contribution in [-0.2, 0) is 6.54 Å². The Morgan fingerprint density at radius 2 is 1.90 bits per heavy atom. The first-order valence-corrected chi connectivity index (χ1v) is 8.09. The van der Waals surface area contributed by atoms with E-state index in [1.807, 2.05) is 0 Å². The Morgan fingerprint density at radius 1 is 1.14 bits per heavy atom. The smallest absolute Gasteiger partial charge is 0.0454 e. The standard InChI is InChI=1S/C18H23BrN2/c1-13(2)20-12-15-11-16(19)8-9-18(15)21(4)17-7-5-6-14(3)10-17/h5-11,13,20H,12H2,1-4H3. The van der Waals surface area contributed by atoms with E-state index in [0.717, 1.165) is 11.0 Å². The molecule has 0 saturated carbocycles. The van der Waals surface area contributed by atoms with Gasteiger partial charge in [-0.3, -0.25) is 0 Å². The van der Waals surface area contributed by atoms with Crippen LogP contribution >= 0.6 is 15.9 Å². The van der Waals surface area contributed by atoms with E-state index < -0.39 is 0 Å². The highest BCUT2D eigenvalue weighted by Gasteiger charge is 2.10. The maximum atomic E-state index is 3.57. The van der Waals surface area contributed by atoms with Gasteiger partial charge in [0.15, 0.2) is 0 Å². The summed E-state index contributed by atoms with van der Waals surface area (Å²) in [5, 5.41) is 3.50. The lowest BCUT2D eigenvalue weighted by Gasteiger charge is -2.24. The van der Waals surface area contributed by atoms with Gasteiger partial charge in [-0.25, -0.2) is 0 Å². The van der Waals surface area contributed by atoms with Crippen molar-refractivity contribution in [1.29, 1.82) is 0 Å². The van der Waals surface area contributed by atoms with Gasteiger partial charge in [0.05, 0.1) is 0 Å². The van der Waals surface area contributed by atoms with Crippen LogP contribution in [0.5, 0.6) is 0 Å². The van der Waals surface area contributed by atoms with Gasteiger partial charge in [0.1, 0.15) is 0 Å². The van der Waals surface area contributed by atoms with E-state index in [1.54, 1.807) is 0 Å². The molecule has 0 amide bonds. The SMILES string of the molecule is Cc1cccc(N(C)c2ccc(Br)cc2CNC(C)C)c1. The number of hydrogen-bond acceptors (Lipinski definition) is 2. The molecular weight excluding hydrogens is 324 g/mol. The van der Waals surface area contributed by atoms with Gasteiger partial charge in [-0.2, -0.15) is 0 Å². The summed E-state index contributed by atoms with van der Waals surface area (Å²) < 4.78 is 1.12. The lowest BCUT2D eigenvalue weighted by Crippen LogP contribution is -2.23. The Labute approximate surface area is 136 Å². The molecule has 0 unspecified atom stereocenters. The molecule has 2 nitrogen and oxygen atoms in total. The molecule has 1 N–H and O–H groups in total. The summed E-state index contributed by atoms with van der Waals surface area (Å²) in [5.41, 5.74) is 5.01. The zero-order valence-corrected chi connectivity index (χ0v) is 14.7. The highest BCUT2D eigenvalue weighted by Crippen LogP contribution is 2.29. The van der Waals surface area contributed by atoms with E-state index in [4.69, 9.17) is 0 Å². The van der Waals surface area contributed by atoms with E-state index >= 15 is 0 Å². The molecule has 0 fully saturated rings. The Hall–Kier alpha value is -1.32. The fraction of sp³-hybridized carbons (Fsp3) is 0.333. The molecule has 0 bridgehead atoms. The molecule has 0 radical (unpaired) electrons. The van der Waals surface area contributed by atoms with Gasteiger partial charge >= 0.3 is 0 Å². The van der Waals surface area contributed by atoms with Crippen LogP contribution in [0, 0.1) is 6.92 Å². The predicted molar refractivity (Wildman–Crippen MR) is 95.4 cm³/mol. The third-order valence-corrected chi connectivity index (χ3v) is 3.99. The zero-order valence-electron chi connectivity index (χ0n) is 13.2. The van der Waals surface area contributed by atoms with Crippen LogP contribution in [0.3, 0.4) is 0 Å². The predicted octanol–water partition coefficient (Wildman–Crippen LogP) is 5.02. The number of anilines is 2. The molecule has 0 aromatic heterocycles. The number of halogens is 1. The van der Waals surface area contributed by atoms with Crippen LogP contribution in [0.25, 0.3) is 0 Å². The van der Waals surface area contributed by atoms with Crippen LogP contribution in [0.4, 0.5) is 11.4 Å². The minimum Gasteiger partial charge on any atom is -0.344 e. The van der Waals surface area contributed by atoms with Crippen molar-refractivity contribution in [1.82, 2.24) is 5.32 Å². The van der Waals surface area contributed by atoms with Crippen molar-refractivity contribution in [3.63, 3.8) is 0 Å². The van der Waals surface area contributed by atoms with E-state index in [0.29, 0.717) is 6.04 Å². The van der Waals surface area contributed by atoms with Gasteiger partial charge in [-0.1, -0.05) is 41.9 Å². The van der Waals surface area contributed by atoms with Crippen molar-refractivity contribution in [2.75, 3.05) is 11.9 Å². The summed E-state index contributed by atoms with van der Waals surface area (Å²) in [5.74, 6) is 0. The Morgan fingerprint density at radius 3 is 2.57 bits per heavy atom. The maximum absolute atomic E-state index is 3.57. The third kappa shape index (κ3) is 4.32. The van der Waals surface area contributed by atoms with Gasteiger partial charge in [0.2, 0.25) is 0 Å². The van der Waals surface area contributed by atoms with Crippen molar-refractivity contribution < 1.29 is 0 Å². The van der Waals surface area contributed by atoms with Crippen LogP contribution in [-0.4, -0.2) is 13.1 Å². The molecule has 0 aliphatic carbocycles. The summed E-state index contributed by atoms with van der Waals surface area (Å²) in [4.78, 5) is 2.25. The summed E-state index contributed by atoms with van der Waals surface area (Å²) in [7, 11) is 2.12. The normalized spacial score (nSPS) is 11.0. The highest BCUT2D eigenvalue weighted by atomic mass is 79.9. The number of hydrogen-bond donors (Lipinski definition) is 1. The van der Waals surface area contributed by atoms with Crippen LogP contribution < -0.4 is 10.2 Å². The average molecular weight is 347 g/mol. The quantitative estimate of drug-likeness (QED) is 0.817. The second kappa shape index (κ2) is 7.10. The van der Waals surface area contributed by atoms with Gasteiger partial charge in [0, 0.05) is 35.5 Å². The molecule has 0 aliphatic heterocycles. The van der Waals surface area contributed by atoms with Crippen molar-refractivity contribution in [3.05, 3.63) is 58.1 Å². The highest BCUT2D eigenvalue weighted by molar-refractivity contribution is 9.10. The van der Waals surface area contributed by atoms with Gasteiger partial charge in [-0.15, -0.1) is 0 Å². The average Bonchev–Trinajstić information content (AvgIpc) is 2.44. The van der Waals surface area contributed by atoms with E-state index in [2.05, 4.69) is 96.4 Å². The molecule has 0 saturated heterocycles. The fourth-order valence-electron chi connectivity index (χ4n) is 2.31. The number of nitrogens with zero attached hydrogens (tertiary/aromatic N) is 1. The fourth-order valence-corrected chi connectivity index (χ4v) is 2.72. The van der Waals surface area contributed by atoms with Crippen molar-refractivity contribution in [3.8, 4) is 0 Å². The van der Waals surface area contributed by atoms with Gasteiger partial charge in [-0.05, 0) is 48.4 Å². The molecule has 3 heteroatoms. The third-order valence-electron chi connectivity index (χ3n) is 3.49. The first-order chi connectivity index (χ1) is 9.97. The summed E-state index contributed by atoms with van der Waals surface area (Å²) in [6.07, 6.45) is 0.